The zero-order chi connectivity index (χ0) is 21.3. The average molecular weight is 405 g/mol. The molecule has 30 heavy (non-hydrogen) atoms. The van der Waals surface area contributed by atoms with Crippen molar-refractivity contribution in [3.8, 4) is 11.5 Å². The van der Waals surface area contributed by atoms with Crippen molar-refractivity contribution < 1.29 is 14.3 Å². The van der Waals surface area contributed by atoms with E-state index in [0.717, 1.165) is 16.9 Å². The van der Waals surface area contributed by atoms with Crippen LogP contribution >= 0.6 is 0 Å². The maximum Gasteiger partial charge on any atom is 0.246 e. The molecule has 0 aliphatic heterocycles. The maximum atomic E-state index is 13.3. The van der Waals surface area contributed by atoms with E-state index in [9.17, 15) is 4.79 Å². The second-order valence-electron chi connectivity index (χ2n) is 7.15. The summed E-state index contributed by atoms with van der Waals surface area (Å²) in [5.41, 5.74) is 2.63. The van der Waals surface area contributed by atoms with Gasteiger partial charge in [0.05, 0.1) is 12.8 Å². The summed E-state index contributed by atoms with van der Waals surface area (Å²) in [7, 11) is 3.53. The molecule has 0 radical (unpaired) electrons. The number of benzene rings is 3. The maximum absolute atomic E-state index is 13.3. The number of likely N-dealkylation sites (N-methyl/N-ethyl adjacent to an activating group) is 1. The van der Waals surface area contributed by atoms with Crippen LogP contribution in [0.25, 0.3) is 0 Å². The summed E-state index contributed by atoms with van der Waals surface area (Å²) < 4.78 is 11.2. The minimum Gasteiger partial charge on any atom is -0.495 e. The average Bonchev–Trinajstić information content (AvgIpc) is 2.75. The number of rotatable bonds is 9. The van der Waals surface area contributed by atoms with E-state index in [1.807, 2.05) is 97.7 Å². The van der Waals surface area contributed by atoms with Crippen LogP contribution in [-0.4, -0.2) is 38.1 Å². The Labute approximate surface area is 178 Å². The largest absolute Gasteiger partial charge is 0.495 e. The van der Waals surface area contributed by atoms with Crippen LogP contribution in [0.3, 0.4) is 0 Å². The molecule has 0 heterocycles. The second kappa shape index (κ2) is 10.5. The number of aryl methyl sites for hydroxylation is 1. The van der Waals surface area contributed by atoms with Crippen LogP contribution in [0.1, 0.15) is 17.2 Å². The molecular weight excluding hydrogens is 376 g/mol. The molecule has 0 fully saturated rings. The van der Waals surface area contributed by atoms with Crippen LogP contribution in [0.4, 0.5) is 5.69 Å². The first kappa shape index (κ1) is 21.4. The Morgan fingerprint density at radius 3 is 2.33 bits per heavy atom. The lowest BCUT2D eigenvalue weighted by Crippen LogP contribution is -2.37. The zero-order valence-electron chi connectivity index (χ0n) is 17.7. The molecule has 5 nitrogen and oxygen atoms in total. The Balaban J connectivity index is 1.75. The Bertz CT molecular complexity index is 945. The summed E-state index contributed by atoms with van der Waals surface area (Å²) in [5.74, 6) is 1.33. The molecule has 5 heteroatoms. The molecule has 3 aromatic rings. The number of carbonyl (C=O) groups is 1. The molecule has 0 aliphatic rings. The molecule has 0 saturated heterocycles. The molecule has 0 saturated carbocycles. The van der Waals surface area contributed by atoms with E-state index in [0.29, 0.717) is 24.6 Å². The fraction of sp³-hybridized carbons (Fsp3) is 0.240. The fourth-order valence-corrected chi connectivity index (χ4v) is 3.32. The molecular formula is C25H28N2O3. The molecule has 1 N–H and O–H groups in total. The van der Waals surface area contributed by atoms with Crippen molar-refractivity contribution in [2.24, 2.45) is 0 Å². The lowest BCUT2D eigenvalue weighted by Gasteiger charge is -2.28. The van der Waals surface area contributed by atoms with Crippen LogP contribution < -0.4 is 14.8 Å². The van der Waals surface area contributed by atoms with Gasteiger partial charge in [-0.05, 0) is 49.4 Å². The van der Waals surface area contributed by atoms with Gasteiger partial charge >= 0.3 is 0 Å². The monoisotopic (exact) mass is 404 g/mol. The molecule has 0 bridgehead atoms. The molecule has 1 amide bonds. The van der Waals surface area contributed by atoms with Gasteiger partial charge in [0.15, 0.2) is 0 Å². The van der Waals surface area contributed by atoms with Gasteiger partial charge in [0.2, 0.25) is 5.91 Å². The highest BCUT2D eigenvalue weighted by Crippen LogP contribution is 2.28. The molecule has 3 aromatic carbocycles. The van der Waals surface area contributed by atoms with Gasteiger partial charge in [-0.3, -0.25) is 9.69 Å². The Hall–Kier alpha value is -3.31. The summed E-state index contributed by atoms with van der Waals surface area (Å²) in [6, 6.07) is 24.7. The van der Waals surface area contributed by atoms with Crippen molar-refractivity contribution in [2.45, 2.75) is 13.0 Å². The molecule has 1 unspecified atom stereocenters. The van der Waals surface area contributed by atoms with E-state index in [1.165, 1.54) is 0 Å². The number of nitrogens with zero attached hydrogens (tertiary/aromatic N) is 1. The normalized spacial score (nSPS) is 11.7. The van der Waals surface area contributed by atoms with Crippen LogP contribution in [-0.2, 0) is 4.79 Å². The van der Waals surface area contributed by atoms with E-state index in [-0.39, 0.29) is 5.91 Å². The number of carbonyl (C=O) groups excluding carboxylic acids is 1. The highest BCUT2D eigenvalue weighted by atomic mass is 16.5. The summed E-state index contributed by atoms with van der Waals surface area (Å²) in [6.45, 7) is 3.05. The number of hydrogen-bond donors (Lipinski definition) is 1. The molecule has 1 atom stereocenters. The van der Waals surface area contributed by atoms with Crippen LogP contribution in [0.2, 0.25) is 0 Å². The van der Waals surface area contributed by atoms with E-state index in [2.05, 4.69) is 5.32 Å². The summed E-state index contributed by atoms with van der Waals surface area (Å²) >= 11 is 0. The van der Waals surface area contributed by atoms with Crippen LogP contribution in [0, 0.1) is 6.92 Å². The molecule has 0 aliphatic carbocycles. The predicted octanol–water partition coefficient (Wildman–Crippen LogP) is 4.69. The quantitative estimate of drug-likeness (QED) is 0.562. The van der Waals surface area contributed by atoms with Gasteiger partial charge in [-0.25, -0.2) is 0 Å². The number of hydrogen-bond acceptors (Lipinski definition) is 4. The number of ether oxygens (including phenoxy) is 2. The summed E-state index contributed by atoms with van der Waals surface area (Å²) in [4.78, 5) is 15.3. The molecule has 3 rings (SSSR count). The van der Waals surface area contributed by atoms with Gasteiger partial charge < -0.3 is 14.8 Å². The first-order valence-electron chi connectivity index (χ1n) is 9.97. The number of methoxy groups -OCH3 is 1. The SMILES string of the molecule is COc1ccc(C)cc1NC(=O)C(c1ccccc1)N(C)CCOc1ccccc1. The van der Waals surface area contributed by atoms with Crippen molar-refractivity contribution >= 4 is 11.6 Å². The van der Waals surface area contributed by atoms with E-state index in [4.69, 9.17) is 9.47 Å². The Morgan fingerprint density at radius 2 is 1.67 bits per heavy atom. The van der Waals surface area contributed by atoms with Crippen LogP contribution in [0.5, 0.6) is 11.5 Å². The van der Waals surface area contributed by atoms with Crippen molar-refractivity contribution in [1.82, 2.24) is 4.90 Å². The fourth-order valence-electron chi connectivity index (χ4n) is 3.32. The third-order valence-corrected chi connectivity index (χ3v) is 4.87. The first-order valence-corrected chi connectivity index (χ1v) is 9.97. The molecule has 156 valence electrons. The number of para-hydroxylation sites is 1. The predicted molar refractivity (Wildman–Crippen MR) is 120 cm³/mol. The first-order chi connectivity index (χ1) is 14.6. The highest BCUT2D eigenvalue weighted by molar-refractivity contribution is 5.96. The summed E-state index contributed by atoms with van der Waals surface area (Å²) in [5, 5.41) is 3.04. The highest BCUT2D eigenvalue weighted by Gasteiger charge is 2.26. The Kier molecular flexibility index (Phi) is 7.46. The summed E-state index contributed by atoms with van der Waals surface area (Å²) in [6.07, 6.45) is 0. The minimum absolute atomic E-state index is 0.118. The van der Waals surface area contributed by atoms with Gasteiger partial charge in [-0.15, -0.1) is 0 Å². The standard InChI is InChI=1S/C25H28N2O3/c1-19-14-15-23(29-3)22(18-19)26-25(28)24(20-10-6-4-7-11-20)27(2)16-17-30-21-12-8-5-9-13-21/h4-15,18,24H,16-17H2,1-3H3,(H,26,28). The molecule has 0 aromatic heterocycles. The number of nitrogens with one attached hydrogen (secondary N) is 1. The number of anilines is 1. The topological polar surface area (TPSA) is 50.8 Å². The molecule has 0 spiro atoms. The van der Waals surface area contributed by atoms with Crippen molar-refractivity contribution in [1.29, 1.82) is 0 Å². The third kappa shape index (κ3) is 5.61. The van der Waals surface area contributed by atoms with Gasteiger partial charge in [0.25, 0.3) is 0 Å². The third-order valence-electron chi connectivity index (χ3n) is 4.87. The van der Waals surface area contributed by atoms with Gasteiger partial charge in [-0.2, -0.15) is 0 Å². The van der Waals surface area contributed by atoms with E-state index >= 15 is 0 Å². The Morgan fingerprint density at radius 1 is 1.00 bits per heavy atom. The number of amides is 1. The van der Waals surface area contributed by atoms with E-state index in [1.54, 1.807) is 7.11 Å². The zero-order valence-corrected chi connectivity index (χ0v) is 17.7. The second-order valence-corrected chi connectivity index (χ2v) is 7.15. The minimum atomic E-state index is -0.462. The smallest absolute Gasteiger partial charge is 0.246 e. The van der Waals surface area contributed by atoms with Crippen LogP contribution in [0.15, 0.2) is 78.9 Å². The van der Waals surface area contributed by atoms with E-state index < -0.39 is 6.04 Å². The van der Waals surface area contributed by atoms with Gasteiger partial charge in [0, 0.05) is 6.54 Å². The van der Waals surface area contributed by atoms with Crippen molar-refractivity contribution in [3.05, 3.63) is 90.0 Å². The van der Waals surface area contributed by atoms with Crippen molar-refractivity contribution in [3.63, 3.8) is 0 Å². The van der Waals surface area contributed by atoms with Gasteiger partial charge in [0.1, 0.15) is 24.1 Å². The lowest BCUT2D eigenvalue weighted by molar-refractivity contribution is -0.121. The van der Waals surface area contributed by atoms with Gasteiger partial charge in [-0.1, -0.05) is 54.6 Å². The lowest BCUT2D eigenvalue weighted by atomic mass is 10.0. The van der Waals surface area contributed by atoms with Crippen molar-refractivity contribution in [2.75, 3.05) is 32.6 Å².